The van der Waals surface area contributed by atoms with Gasteiger partial charge in [0.1, 0.15) is 0 Å². The van der Waals surface area contributed by atoms with Gasteiger partial charge in [0.2, 0.25) is 0 Å². The molecule has 0 aromatic carbocycles. The van der Waals surface area contributed by atoms with Crippen LogP contribution in [0.5, 0.6) is 0 Å². The minimum Gasteiger partial charge on any atom is -0.302 e. The fourth-order valence-electron chi connectivity index (χ4n) is 0.842. The molecule has 0 saturated carbocycles. The summed E-state index contributed by atoms with van der Waals surface area (Å²) < 4.78 is 0. The van der Waals surface area contributed by atoms with Crippen LogP contribution in [-0.4, -0.2) is 29.9 Å². The van der Waals surface area contributed by atoms with Gasteiger partial charge in [0, 0.05) is 17.9 Å². The molecule has 1 nitrogen and oxygen atoms in total. The number of rotatable bonds is 4. The van der Waals surface area contributed by atoms with E-state index in [-0.39, 0.29) is 0 Å². The molecule has 1 atom stereocenters. The molecule has 2 heteroatoms. The molecule has 0 bridgehead atoms. The molecule has 0 rings (SSSR count). The van der Waals surface area contributed by atoms with Gasteiger partial charge in [-0.05, 0) is 20.9 Å². The molecule has 0 N–H and O–H groups in total. The molecule has 0 amide bonds. The van der Waals surface area contributed by atoms with Gasteiger partial charge in [-0.15, -0.1) is 0 Å². The molecule has 0 spiro atoms. The van der Waals surface area contributed by atoms with Crippen molar-refractivity contribution in [3.8, 4) is 0 Å². The molecule has 0 fully saturated rings. The lowest BCUT2D eigenvalue weighted by molar-refractivity contribution is 0.376. The monoisotopic (exact) mass is 219 g/mol. The van der Waals surface area contributed by atoms with Gasteiger partial charge in [0.05, 0.1) is 0 Å². The Bertz CT molecular complexity index is 126. The summed E-state index contributed by atoms with van der Waals surface area (Å²) in [5.41, 5.74) is 1.39. The van der Waals surface area contributed by atoms with E-state index in [4.69, 9.17) is 0 Å². The molecule has 0 heterocycles. The lowest BCUT2D eigenvalue weighted by atomic mass is 10.3. The van der Waals surface area contributed by atoms with Crippen LogP contribution in [0, 0.1) is 0 Å². The average molecular weight is 220 g/mol. The molecule has 0 aromatic heterocycles. The van der Waals surface area contributed by atoms with E-state index in [9.17, 15) is 0 Å². The SMILES string of the molecule is CC(C)=CCN(C)CC(C)Br. The third-order valence-corrected chi connectivity index (χ3v) is 1.66. The van der Waals surface area contributed by atoms with Gasteiger partial charge < -0.3 is 4.90 Å². The van der Waals surface area contributed by atoms with Crippen molar-refractivity contribution in [1.29, 1.82) is 0 Å². The van der Waals surface area contributed by atoms with E-state index in [0.29, 0.717) is 4.83 Å². The van der Waals surface area contributed by atoms with Crippen LogP contribution < -0.4 is 0 Å². The number of likely N-dealkylation sites (N-methyl/N-ethyl adjacent to an activating group) is 1. The summed E-state index contributed by atoms with van der Waals surface area (Å²) in [7, 11) is 2.14. The topological polar surface area (TPSA) is 3.24 Å². The Hall–Kier alpha value is 0.180. The maximum Gasteiger partial charge on any atom is 0.0244 e. The third-order valence-electron chi connectivity index (χ3n) is 1.37. The van der Waals surface area contributed by atoms with Crippen LogP contribution >= 0.6 is 15.9 Å². The zero-order valence-corrected chi connectivity index (χ0v) is 9.48. The van der Waals surface area contributed by atoms with Crippen molar-refractivity contribution in [3.05, 3.63) is 11.6 Å². The van der Waals surface area contributed by atoms with Gasteiger partial charge in [-0.2, -0.15) is 0 Å². The predicted octanol–water partition coefficient (Wildman–Crippen LogP) is 2.67. The first-order valence-electron chi connectivity index (χ1n) is 3.98. The predicted molar refractivity (Wildman–Crippen MR) is 55.3 cm³/mol. The zero-order valence-electron chi connectivity index (χ0n) is 7.89. The van der Waals surface area contributed by atoms with E-state index in [0.717, 1.165) is 13.1 Å². The summed E-state index contributed by atoms with van der Waals surface area (Å²) in [5, 5.41) is 0. The number of alkyl halides is 1. The number of hydrogen-bond donors (Lipinski definition) is 0. The second-order valence-electron chi connectivity index (χ2n) is 3.28. The molecular formula is C9H18BrN. The highest BCUT2D eigenvalue weighted by Gasteiger charge is 1.99. The summed E-state index contributed by atoms with van der Waals surface area (Å²) in [4.78, 5) is 2.88. The highest BCUT2D eigenvalue weighted by molar-refractivity contribution is 9.09. The van der Waals surface area contributed by atoms with Gasteiger partial charge in [0.15, 0.2) is 0 Å². The van der Waals surface area contributed by atoms with Crippen LogP contribution in [0.3, 0.4) is 0 Å². The Morgan fingerprint density at radius 3 is 2.45 bits per heavy atom. The second-order valence-corrected chi connectivity index (χ2v) is 4.85. The number of allylic oxidation sites excluding steroid dienone is 1. The number of hydrogen-bond acceptors (Lipinski definition) is 1. The van der Waals surface area contributed by atoms with Gasteiger partial charge in [-0.1, -0.05) is 34.5 Å². The van der Waals surface area contributed by atoms with E-state index in [1.807, 2.05) is 0 Å². The molecule has 0 aliphatic heterocycles. The molecule has 0 aliphatic rings. The van der Waals surface area contributed by atoms with Crippen LogP contribution in [0.25, 0.3) is 0 Å². The molecule has 0 radical (unpaired) electrons. The maximum atomic E-state index is 3.52. The van der Waals surface area contributed by atoms with Crippen LogP contribution in [0.15, 0.2) is 11.6 Å². The van der Waals surface area contributed by atoms with Crippen LogP contribution in [-0.2, 0) is 0 Å². The van der Waals surface area contributed by atoms with E-state index >= 15 is 0 Å². The Morgan fingerprint density at radius 2 is 2.09 bits per heavy atom. The lowest BCUT2D eigenvalue weighted by Gasteiger charge is -2.15. The Kier molecular flexibility index (Phi) is 5.88. The van der Waals surface area contributed by atoms with Crippen LogP contribution in [0.1, 0.15) is 20.8 Å². The van der Waals surface area contributed by atoms with E-state index in [1.54, 1.807) is 0 Å². The molecule has 0 aliphatic carbocycles. The first kappa shape index (κ1) is 11.2. The summed E-state index contributed by atoms with van der Waals surface area (Å²) in [6, 6.07) is 0. The summed E-state index contributed by atoms with van der Waals surface area (Å²) >= 11 is 3.52. The quantitative estimate of drug-likeness (QED) is 0.520. The van der Waals surface area contributed by atoms with Crippen molar-refractivity contribution in [2.45, 2.75) is 25.6 Å². The van der Waals surface area contributed by atoms with Crippen molar-refractivity contribution < 1.29 is 0 Å². The van der Waals surface area contributed by atoms with Crippen molar-refractivity contribution in [3.63, 3.8) is 0 Å². The molecule has 0 saturated heterocycles. The Balaban J connectivity index is 3.53. The van der Waals surface area contributed by atoms with E-state index in [1.165, 1.54) is 5.57 Å². The summed E-state index contributed by atoms with van der Waals surface area (Å²) in [6.07, 6.45) is 2.25. The molecule has 66 valence electrons. The van der Waals surface area contributed by atoms with Crippen LogP contribution in [0.2, 0.25) is 0 Å². The molecule has 11 heavy (non-hydrogen) atoms. The normalized spacial score (nSPS) is 13.3. The van der Waals surface area contributed by atoms with Gasteiger partial charge >= 0.3 is 0 Å². The largest absolute Gasteiger partial charge is 0.302 e. The van der Waals surface area contributed by atoms with Gasteiger partial charge in [-0.3, -0.25) is 0 Å². The van der Waals surface area contributed by atoms with Crippen LogP contribution in [0.4, 0.5) is 0 Å². The van der Waals surface area contributed by atoms with E-state index < -0.39 is 0 Å². The fourth-order valence-corrected chi connectivity index (χ4v) is 1.34. The van der Waals surface area contributed by atoms with Crippen molar-refractivity contribution >= 4 is 15.9 Å². The first-order chi connectivity index (χ1) is 5.02. The highest BCUT2D eigenvalue weighted by Crippen LogP contribution is 2.00. The Morgan fingerprint density at radius 1 is 1.55 bits per heavy atom. The Labute approximate surface area is 78.6 Å². The van der Waals surface area contributed by atoms with Crippen molar-refractivity contribution in [2.24, 2.45) is 0 Å². The van der Waals surface area contributed by atoms with Crippen molar-refractivity contribution in [1.82, 2.24) is 4.90 Å². The number of nitrogens with zero attached hydrogens (tertiary/aromatic N) is 1. The van der Waals surface area contributed by atoms with Crippen molar-refractivity contribution in [2.75, 3.05) is 20.1 Å². The fraction of sp³-hybridized carbons (Fsp3) is 0.778. The number of halogens is 1. The molecular weight excluding hydrogens is 202 g/mol. The zero-order chi connectivity index (χ0) is 8.85. The van der Waals surface area contributed by atoms with Gasteiger partial charge in [-0.25, -0.2) is 0 Å². The summed E-state index contributed by atoms with van der Waals surface area (Å²) in [6.45, 7) is 8.58. The minimum atomic E-state index is 0.582. The minimum absolute atomic E-state index is 0.582. The smallest absolute Gasteiger partial charge is 0.0244 e. The third kappa shape index (κ3) is 8.08. The van der Waals surface area contributed by atoms with Gasteiger partial charge in [0.25, 0.3) is 0 Å². The first-order valence-corrected chi connectivity index (χ1v) is 4.90. The molecule has 0 aromatic rings. The second kappa shape index (κ2) is 5.78. The van der Waals surface area contributed by atoms with E-state index in [2.05, 4.69) is 54.7 Å². The average Bonchev–Trinajstić information content (AvgIpc) is 1.82. The highest BCUT2D eigenvalue weighted by atomic mass is 79.9. The standard InChI is InChI=1S/C9H18BrN/c1-8(2)5-6-11(4)7-9(3)10/h5,9H,6-7H2,1-4H3. The maximum absolute atomic E-state index is 3.52. The molecule has 1 unspecified atom stereocenters. The summed E-state index contributed by atoms with van der Waals surface area (Å²) in [5.74, 6) is 0. The lowest BCUT2D eigenvalue weighted by Crippen LogP contribution is -2.24.